The van der Waals surface area contributed by atoms with Crippen LogP contribution in [0.2, 0.25) is 0 Å². The molecule has 0 saturated heterocycles. The molecule has 3 rings (SSSR count). The van der Waals surface area contributed by atoms with E-state index in [1.807, 2.05) is 60.3 Å². The summed E-state index contributed by atoms with van der Waals surface area (Å²) in [6.07, 6.45) is 7.90. The van der Waals surface area contributed by atoms with E-state index in [-0.39, 0.29) is 12.1 Å². The zero-order valence-electron chi connectivity index (χ0n) is 14.1. The van der Waals surface area contributed by atoms with Crippen molar-refractivity contribution in [2.45, 2.75) is 25.9 Å². The number of hydrogen-bond donors (Lipinski definition) is 2. The largest absolute Gasteiger partial charge is 0.331 e. The number of benzene rings is 1. The third-order valence-electron chi connectivity index (χ3n) is 3.98. The standard InChI is InChI=1S/C19H21N5O/c1-2-17(15-8-11-20-12-9-15)22-19(25)23-18-7-4-3-6-16(18)14-24-13-5-10-21-24/h3-13,17H,2,14H2,1H3,(H2,22,23,25)/t17-/m1/s1. The van der Waals surface area contributed by atoms with Crippen molar-refractivity contribution in [3.05, 3.63) is 78.4 Å². The fourth-order valence-electron chi connectivity index (χ4n) is 2.68. The van der Waals surface area contributed by atoms with Crippen molar-refractivity contribution in [2.24, 2.45) is 0 Å². The third kappa shape index (κ3) is 4.44. The van der Waals surface area contributed by atoms with Gasteiger partial charge >= 0.3 is 6.03 Å². The topological polar surface area (TPSA) is 71.8 Å². The monoisotopic (exact) mass is 335 g/mol. The molecule has 1 atom stereocenters. The Hall–Kier alpha value is -3.15. The maximum atomic E-state index is 12.4. The number of urea groups is 1. The van der Waals surface area contributed by atoms with Gasteiger partial charge in [-0.15, -0.1) is 0 Å². The van der Waals surface area contributed by atoms with E-state index in [9.17, 15) is 4.79 Å². The first-order chi connectivity index (χ1) is 12.3. The van der Waals surface area contributed by atoms with Gasteiger partial charge in [0.15, 0.2) is 0 Å². The molecule has 0 radical (unpaired) electrons. The predicted octanol–water partition coefficient (Wildman–Crippen LogP) is 3.60. The third-order valence-corrected chi connectivity index (χ3v) is 3.98. The molecule has 0 saturated carbocycles. The Kier molecular flexibility index (Phi) is 5.41. The van der Waals surface area contributed by atoms with Crippen LogP contribution in [0, 0.1) is 0 Å². The Bertz CT molecular complexity index is 802. The van der Waals surface area contributed by atoms with E-state index in [2.05, 4.69) is 20.7 Å². The van der Waals surface area contributed by atoms with E-state index in [1.54, 1.807) is 18.6 Å². The molecule has 6 nitrogen and oxygen atoms in total. The summed E-state index contributed by atoms with van der Waals surface area (Å²) in [7, 11) is 0. The second-order valence-corrected chi connectivity index (χ2v) is 5.70. The maximum absolute atomic E-state index is 12.4. The summed E-state index contributed by atoms with van der Waals surface area (Å²) in [5.74, 6) is 0. The van der Waals surface area contributed by atoms with Gasteiger partial charge in [0, 0.05) is 30.5 Å². The molecular weight excluding hydrogens is 314 g/mol. The van der Waals surface area contributed by atoms with E-state index in [0.717, 1.165) is 23.2 Å². The minimum absolute atomic E-state index is 0.0544. The predicted molar refractivity (Wildman–Crippen MR) is 97.2 cm³/mol. The highest BCUT2D eigenvalue weighted by atomic mass is 16.2. The van der Waals surface area contributed by atoms with E-state index < -0.39 is 0 Å². The van der Waals surface area contributed by atoms with E-state index >= 15 is 0 Å². The summed E-state index contributed by atoms with van der Waals surface area (Å²) in [5.41, 5.74) is 2.82. The average molecular weight is 335 g/mol. The second-order valence-electron chi connectivity index (χ2n) is 5.70. The molecule has 25 heavy (non-hydrogen) atoms. The number of pyridine rings is 1. The number of anilines is 1. The number of para-hydroxylation sites is 1. The molecule has 3 aromatic rings. The van der Waals surface area contributed by atoms with Crippen LogP contribution in [0.4, 0.5) is 10.5 Å². The molecule has 0 aliphatic carbocycles. The lowest BCUT2D eigenvalue weighted by Gasteiger charge is -2.18. The van der Waals surface area contributed by atoms with Gasteiger partial charge in [0.1, 0.15) is 0 Å². The second kappa shape index (κ2) is 8.10. The molecule has 0 aliphatic heterocycles. The lowest BCUT2D eigenvalue weighted by Crippen LogP contribution is -2.32. The molecule has 0 bridgehead atoms. The number of aromatic nitrogens is 3. The fourth-order valence-corrected chi connectivity index (χ4v) is 2.68. The zero-order valence-corrected chi connectivity index (χ0v) is 14.1. The van der Waals surface area contributed by atoms with Gasteiger partial charge in [0.05, 0.1) is 12.6 Å². The smallest absolute Gasteiger partial charge is 0.319 e. The molecule has 6 heteroatoms. The van der Waals surface area contributed by atoms with Gasteiger partial charge in [-0.05, 0) is 41.8 Å². The zero-order chi connectivity index (χ0) is 17.5. The van der Waals surface area contributed by atoms with Crippen LogP contribution in [-0.4, -0.2) is 20.8 Å². The Morgan fingerprint density at radius 1 is 1.12 bits per heavy atom. The first kappa shape index (κ1) is 16.7. The maximum Gasteiger partial charge on any atom is 0.319 e. The van der Waals surface area contributed by atoms with Crippen LogP contribution in [0.15, 0.2) is 67.3 Å². The van der Waals surface area contributed by atoms with Gasteiger partial charge in [-0.1, -0.05) is 25.1 Å². The number of nitrogens with one attached hydrogen (secondary N) is 2. The minimum Gasteiger partial charge on any atom is -0.331 e. The van der Waals surface area contributed by atoms with Crippen molar-refractivity contribution in [1.29, 1.82) is 0 Å². The normalized spacial score (nSPS) is 11.7. The Labute approximate surface area is 146 Å². The van der Waals surface area contributed by atoms with E-state index in [4.69, 9.17) is 0 Å². The van der Waals surface area contributed by atoms with Gasteiger partial charge in [0.2, 0.25) is 0 Å². The summed E-state index contributed by atoms with van der Waals surface area (Å²) in [5, 5.41) is 10.2. The first-order valence-electron chi connectivity index (χ1n) is 8.29. The molecule has 0 unspecified atom stereocenters. The number of amides is 2. The van der Waals surface area contributed by atoms with Crippen molar-refractivity contribution in [2.75, 3.05) is 5.32 Å². The number of carbonyl (C=O) groups is 1. The van der Waals surface area contributed by atoms with Crippen LogP contribution >= 0.6 is 0 Å². The highest BCUT2D eigenvalue weighted by Gasteiger charge is 2.13. The van der Waals surface area contributed by atoms with Crippen LogP contribution in [-0.2, 0) is 6.54 Å². The summed E-state index contributed by atoms with van der Waals surface area (Å²) >= 11 is 0. The van der Waals surface area contributed by atoms with Crippen molar-refractivity contribution < 1.29 is 4.79 Å². The Morgan fingerprint density at radius 3 is 2.64 bits per heavy atom. The van der Waals surface area contributed by atoms with Crippen LogP contribution in [0.25, 0.3) is 0 Å². The molecule has 2 heterocycles. The van der Waals surface area contributed by atoms with Crippen LogP contribution in [0.3, 0.4) is 0 Å². The highest BCUT2D eigenvalue weighted by Crippen LogP contribution is 2.18. The number of hydrogen-bond acceptors (Lipinski definition) is 3. The van der Waals surface area contributed by atoms with Crippen molar-refractivity contribution in [3.63, 3.8) is 0 Å². The first-order valence-corrected chi connectivity index (χ1v) is 8.29. The molecule has 0 aliphatic rings. The van der Waals surface area contributed by atoms with Gasteiger partial charge < -0.3 is 10.6 Å². The van der Waals surface area contributed by atoms with Crippen LogP contribution in [0.5, 0.6) is 0 Å². The lowest BCUT2D eigenvalue weighted by atomic mass is 10.1. The van der Waals surface area contributed by atoms with Crippen molar-refractivity contribution >= 4 is 11.7 Å². The highest BCUT2D eigenvalue weighted by molar-refractivity contribution is 5.90. The molecule has 2 aromatic heterocycles. The van der Waals surface area contributed by atoms with Crippen LogP contribution < -0.4 is 10.6 Å². The summed E-state index contributed by atoms with van der Waals surface area (Å²) in [6.45, 7) is 2.64. The molecule has 0 fully saturated rings. The summed E-state index contributed by atoms with van der Waals surface area (Å²) in [6, 6.07) is 13.2. The molecule has 1 aromatic carbocycles. The molecule has 0 spiro atoms. The number of rotatable bonds is 6. The molecule has 128 valence electrons. The van der Waals surface area contributed by atoms with Gasteiger partial charge in [-0.25, -0.2) is 4.79 Å². The van der Waals surface area contributed by atoms with E-state index in [0.29, 0.717) is 6.54 Å². The molecule has 2 N–H and O–H groups in total. The Balaban J connectivity index is 1.68. The number of nitrogens with zero attached hydrogens (tertiary/aromatic N) is 3. The van der Waals surface area contributed by atoms with Gasteiger partial charge in [-0.3, -0.25) is 9.67 Å². The average Bonchev–Trinajstić information content (AvgIpc) is 3.15. The van der Waals surface area contributed by atoms with Gasteiger partial charge in [-0.2, -0.15) is 5.10 Å². The lowest BCUT2D eigenvalue weighted by molar-refractivity contribution is 0.248. The van der Waals surface area contributed by atoms with Crippen molar-refractivity contribution in [3.8, 4) is 0 Å². The van der Waals surface area contributed by atoms with Gasteiger partial charge in [0.25, 0.3) is 0 Å². The summed E-state index contributed by atoms with van der Waals surface area (Å²) in [4.78, 5) is 16.5. The quantitative estimate of drug-likeness (QED) is 0.723. The van der Waals surface area contributed by atoms with Crippen molar-refractivity contribution in [1.82, 2.24) is 20.1 Å². The van der Waals surface area contributed by atoms with E-state index in [1.165, 1.54) is 0 Å². The fraction of sp³-hybridized carbons (Fsp3) is 0.211. The summed E-state index contributed by atoms with van der Waals surface area (Å²) < 4.78 is 1.82. The SMILES string of the molecule is CC[C@@H](NC(=O)Nc1ccccc1Cn1cccn1)c1ccncc1. The Morgan fingerprint density at radius 2 is 1.92 bits per heavy atom. The molecular formula is C19H21N5O. The number of carbonyl (C=O) groups excluding carboxylic acids is 1. The molecule has 2 amide bonds. The van der Waals surface area contributed by atoms with Crippen LogP contribution in [0.1, 0.15) is 30.5 Å². The minimum atomic E-state index is -0.225.